The van der Waals surface area contributed by atoms with Gasteiger partial charge in [-0.1, -0.05) is 228 Å². The summed E-state index contributed by atoms with van der Waals surface area (Å²) >= 11 is 0. The SMILES string of the molecule is CCCCCCCCCCCCCCCCCC(SSSSSC(CCCCCCCCCCCCCCCCC)[Si](C)(C)OC)[Si](C)(C)OC. The summed E-state index contributed by atoms with van der Waals surface area (Å²) in [5.74, 6) is 0. The highest BCUT2D eigenvalue weighted by molar-refractivity contribution is 9.35. The minimum atomic E-state index is -1.68. The van der Waals surface area contributed by atoms with Crippen LogP contribution in [0.1, 0.15) is 219 Å². The van der Waals surface area contributed by atoms with Crippen LogP contribution < -0.4 is 0 Å². The van der Waals surface area contributed by atoms with E-state index in [0.717, 1.165) is 0 Å². The van der Waals surface area contributed by atoms with Crippen molar-refractivity contribution in [3.63, 3.8) is 0 Å². The van der Waals surface area contributed by atoms with E-state index in [9.17, 15) is 0 Å². The standard InChI is InChI=1S/C42H90O2S5Si2/c1-9-11-13-15-17-19-21-23-25-27-29-31-33-35-37-39-41(50(5,6)43-3)45-47-49-48-46-42(51(7,8)44-4)40-38-36-34-32-30-28-26-24-22-20-18-16-14-12-10-2/h41-42H,9-40H2,1-8H3. The maximum atomic E-state index is 6.12. The second-order valence-electron chi connectivity index (χ2n) is 16.5. The van der Waals surface area contributed by atoms with Crippen molar-refractivity contribution in [2.75, 3.05) is 14.2 Å². The molecule has 0 aromatic rings. The largest absolute Gasteiger partial charge is 0.419 e. The zero-order chi connectivity index (χ0) is 37.7. The summed E-state index contributed by atoms with van der Waals surface area (Å²) in [5.41, 5.74) is 0. The summed E-state index contributed by atoms with van der Waals surface area (Å²) in [6.07, 6.45) is 45.6. The third-order valence-electron chi connectivity index (χ3n) is 11.1. The lowest BCUT2D eigenvalue weighted by Crippen LogP contribution is -2.41. The van der Waals surface area contributed by atoms with Gasteiger partial charge in [-0.3, -0.25) is 0 Å². The van der Waals surface area contributed by atoms with E-state index in [2.05, 4.69) is 61.6 Å². The Morgan fingerprint density at radius 3 is 0.765 bits per heavy atom. The molecule has 2 atom stereocenters. The third kappa shape index (κ3) is 33.9. The van der Waals surface area contributed by atoms with Gasteiger partial charge in [0, 0.05) is 24.0 Å². The van der Waals surface area contributed by atoms with E-state index in [1.807, 2.05) is 43.7 Å². The number of hydrogen-bond donors (Lipinski definition) is 0. The van der Waals surface area contributed by atoms with Crippen LogP contribution in [0.15, 0.2) is 0 Å². The Labute approximate surface area is 343 Å². The Bertz CT molecular complexity index is 648. The lowest BCUT2D eigenvalue weighted by Gasteiger charge is -2.30. The van der Waals surface area contributed by atoms with Crippen LogP contribution in [0, 0.1) is 0 Å². The summed E-state index contributed by atoms with van der Waals surface area (Å²) in [4.78, 5) is 1.32. The highest BCUT2D eigenvalue weighted by atomic mass is 33.8. The monoisotopic (exact) mass is 843 g/mol. The minimum Gasteiger partial charge on any atom is -0.419 e. The number of unbranched alkanes of at least 4 members (excludes halogenated alkanes) is 28. The third-order valence-corrected chi connectivity index (χ3v) is 30.8. The lowest BCUT2D eigenvalue weighted by atomic mass is 10.0. The molecule has 0 radical (unpaired) electrons. The summed E-state index contributed by atoms with van der Waals surface area (Å²) < 4.78 is 12.2. The first-order chi connectivity index (χ1) is 24.7. The molecule has 0 aliphatic rings. The van der Waals surface area contributed by atoms with Crippen molar-refractivity contribution < 1.29 is 8.85 Å². The topological polar surface area (TPSA) is 18.5 Å². The molecule has 2 unspecified atom stereocenters. The van der Waals surface area contributed by atoms with Crippen LogP contribution in [0.2, 0.25) is 26.2 Å². The molecule has 0 aliphatic heterocycles. The van der Waals surface area contributed by atoms with Crippen molar-refractivity contribution in [2.24, 2.45) is 0 Å². The molecule has 0 heterocycles. The van der Waals surface area contributed by atoms with Gasteiger partial charge in [0.2, 0.25) is 0 Å². The molecule has 9 heteroatoms. The predicted molar refractivity (Wildman–Crippen MR) is 254 cm³/mol. The Morgan fingerprint density at radius 1 is 0.333 bits per heavy atom. The fourth-order valence-corrected chi connectivity index (χ4v) is 26.8. The second-order valence-corrected chi connectivity index (χ2v) is 33.9. The maximum absolute atomic E-state index is 6.12. The van der Waals surface area contributed by atoms with Crippen LogP contribution in [-0.2, 0) is 8.85 Å². The zero-order valence-electron chi connectivity index (χ0n) is 35.6. The highest BCUT2D eigenvalue weighted by Gasteiger charge is 2.35. The highest BCUT2D eigenvalue weighted by Crippen LogP contribution is 2.54. The van der Waals surface area contributed by atoms with Crippen LogP contribution in [0.25, 0.3) is 0 Å². The molecule has 0 aliphatic carbocycles. The fraction of sp³-hybridized carbons (Fsp3) is 1.00. The van der Waals surface area contributed by atoms with Gasteiger partial charge in [-0.15, -0.1) is 0 Å². The van der Waals surface area contributed by atoms with Gasteiger partial charge < -0.3 is 8.85 Å². The first kappa shape index (κ1) is 53.1. The molecule has 0 aromatic carbocycles. The molecule has 0 rings (SSSR count). The van der Waals surface area contributed by atoms with Crippen LogP contribution in [0.3, 0.4) is 0 Å². The van der Waals surface area contributed by atoms with Crippen molar-refractivity contribution in [1.82, 2.24) is 0 Å². The molecule has 0 fully saturated rings. The zero-order valence-corrected chi connectivity index (χ0v) is 41.7. The Morgan fingerprint density at radius 2 is 0.549 bits per heavy atom. The van der Waals surface area contributed by atoms with Gasteiger partial charge in [-0.05, 0) is 68.5 Å². The first-order valence-electron chi connectivity index (χ1n) is 22.2. The molecule has 0 saturated heterocycles. The summed E-state index contributed by atoms with van der Waals surface area (Å²) in [6, 6.07) is 0. The van der Waals surface area contributed by atoms with Gasteiger partial charge >= 0.3 is 0 Å². The van der Waals surface area contributed by atoms with E-state index in [-0.39, 0.29) is 0 Å². The van der Waals surface area contributed by atoms with E-state index < -0.39 is 16.6 Å². The average molecular weight is 844 g/mol. The molecular weight excluding hydrogens is 753 g/mol. The Hall–Kier alpha value is 2.10. The quantitative estimate of drug-likeness (QED) is 0.0342. The lowest BCUT2D eigenvalue weighted by molar-refractivity contribution is 0.398. The summed E-state index contributed by atoms with van der Waals surface area (Å²) in [6.45, 7) is 14.3. The molecular formula is C42H90O2S5Si2. The van der Waals surface area contributed by atoms with Crippen LogP contribution >= 0.6 is 51.1 Å². The van der Waals surface area contributed by atoms with Gasteiger partial charge in [0.05, 0.1) is 0 Å². The predicted octanol–water partition coefficient (Wildman–Crippen LogP) is 18.4. The van der Waals surface area contributed by atoms with E-state index >= 15 is 0 Å². The Balaban J connectivity index is 4.07. The van der Waals surface area contributed by atoms with Crippen LogP contribution in [0.5, 0.6) is 0 Å². The van der Waals surface area contributed by atoms with E-state index in [0.29, 0.717) is 9.75 Å². The van der Waals surface area contributed by atoms with Crippen LogP contribution in [0.4, 0.5) is 0 Å². The fourth-order valence-electron chi connectivity index (χ4n) is 6.83. The Kier molecular flexibility index (Phi) is 40.6. The van der Waals surface area contributed by atoms with Crippen molar-refractivity contribution in [3.05, 3.63) is 0 Å². The van der Waals surface area contributed by atoms with Gasteiger partial charge in [-0.25, -0.2) is 0 Å². The normalized spacial score (nSPS) is 13.6. The molecule has 0 bridgehead atoms. The molecule has 0 spiro atoms. The first-order valence-corrected chi connectivity index (χ1v) is 34.4. The van der Waals surface area contributed by atoms with E-state index in [1.165, 1.54) is 205 Å². The number of rotatable bonds is 42. The maximum Gasteiger partial charge on any atom is 0.199 e. The van der Waals surface area contributed by atoms with Gasteiger partial charge in [-0.2, -0.15) is 0 Å². The molecule has 0 saturated carbocycles. The van der Waals surface area contributed by atoms with E-state index in [4.69, 9.17) is 8.85 Å². The average Bonchev–Trinajstić information content (AvgIpc) is 3.12. The van der Waals surface area contributed by atoms with Gasteiger partial charge in [0.15, 0.2) is 16.6 Å². The van der Waals surface area contributed by atoms with E-state index in [1.54, 1.807) is 0 Å². The van der Waals surface area contributed by atoms with Crippen molar-refractivity contribution >= 4 is 67.7 Å². The molecule has 0 aromatic heterocycles. The minimum absolute atomic E-state index is 0.661. The number of hydrogen-bond acceptors (Lipinski definition) is 7. The van der Waals surface area contributed by atoms with Crippen molar-refractivity contribution in [2.45, 2.75) is 255 Å². The molecule has 0 amide bonds. The van der Waals surface area contributed by atoms with Gasteiger partial charge in [0.1, 0.15) is 0 Å². The van der Waals surface area contributed by atoms with Crippen LogP contribution in [-0.4, -0.2) is 40.6 Å². The molecule has 0 N–H and O–H groups in total. The summed E-state index contributed by atoms with van der Waals surface area (Å²) in [5, 5.41) is 0. The van der Waals surface area contributed by atoms with Gasteiger partial charge in [0.25, 0.3) is 0 Å². The summed E-state index contributed by atoms with van der Waals surface area (Å²) in [7, 11) is 10.8. The molecule has 2 nitrogen and oxygen atoms in total. The molecule has 308 valence electrons. The molecule has 51 heavy (non-hydrogen) atoms. The van der Waals surface area contributed by atoms with Crippen molar-refractivity contribution in [1.29, 1.82) is 0 Å². The smallest absolute Gasteiger partial charge is 0.199 e. The second kappa shape index (κ2) is 39.0. The van der Waals surface area contributed by atoms with Crippen molar-refractivity contribution in [3.8, 4) is 0 Å².